The Labute approximate surface area is 119 Å². The number of anilines is 1. The molecule has 2 rings (SSSR count). The Bertz CT molecular complexity index is 501. The molecule has 2 aromatic carbocycles. The molecule has 0 bridgehead atoms. The van der Waals surface area contributed by atoms with Gasteiger partial charge in [-0.3, -0.25) is 0 Å². The molecular formula is C16H18ClNO. The molecule has 0 spiro atoms. The Morgan fingerprint density at radius 2 is 1.84 bits per heavy atom. The van der Waals surface area contributed by atoms with E-state index in [1.165, 1.54) is 5.69 Å². The molecule has 100 valence electrons. The number of para-hydroxylation sites is 1. The molecule has 0 saturated heterocycles. The van der Waals surface area contributed by atoms with E-state index in [4.69, 9.17) is 16.3 Å². The quantitative estimate of drug-likeness (QED) is 0.782. The topological polar surface area (TPSA) is 12.5 Å². The van der Waals surface area contributed by atoms with Gasteiger partial charge in [0.25, 0.3) is 0 Å². The summed E-state index contributed by atoms with van der Waals surface area (Å²) in [7, 11) is 0. The molecule has 0 aromatic heterocycles. The zero-order chi connectivity index (χ0) is 13.5. The molecule has 2 nitrogen and oxygen atoms in total. The van der Waals surface area contributed by atoms with E-state index in [2.05, 4.69) is 36.1 Å². The van der Waals surface area contributed by atoms with Crippen LogP contribution in [0.15, 0.2) is 54.6 Å². The Morgan fingerprint density at radius 1 is 1.05 bits per heavy atom. The van der Waals surface area contributed by atoms with Gasteiger partial charge in [0.2, 0.25) is 0 Å². The van der Waals surface area contributed by atoms with Crippen LogP contribution in [-0.4, -0.2) is 19.7 Å². The molecule has 0 radical (unpaired) electrons. The van der Waals surface area contributed by atoms with Crippen LogP contribution in [0.2, 0.25) is 5.02 Å². The number of ether oxygens (including phenoxy) is 1. The lowest BCUT2D eigenvalue weighted by atomic mass is 10.3. The van der Waals surface area contributed by atoms with Crippen LogP contribution < -0.4 is 9.64 Å². The van der Waals surface area contributed by atoms with Crippen molar-refractivity contribution in [1.82, 2.24) is 0 Å². The predicted molar refractivity (Wildman–Crippen MR) is 81.3 cm³/mol. The van der Waals surface area contributed by atoms with Crippen molar-refractivity contribution in [3.63, 3.8) is 0 Å². The Hall–Kier alpha value is -1.67. The summed E-state index contributed by atoms with van der Waals surface area (Å²) in [5, 5.41) is 0.702. The van der Waals surface area contributed by atoms with Crippen LogP contribution in [0, 0.1) is 0 Å². The molecule has 0 aliphatic carbocycles. The lowest BCUT2D eigenvalue weighted by Gasteiger charge is -2.23. The second-order valence-electron chi connectivity index (χ2n) is 4.22. The van der Waals surface area contributed by atoms with E-state index < -0.39 is 0 Å². The molecule has 2 aromatic rings. The molecular weight excluding hydrogens is 258 g/mol. The third-order valence-electron chi connectivity index (χ3n) is 2.93. The van der Waals surface area contributed by atoms with Gasteiger partial charge >= 0.3 is 0 Å². The van der Waals surface area contributed by atoms with Gasteiger partial charge < -0.3 is 9.64 Å². The van der Waals surface area contributed by atoms with E-state index in [0.717, 1.165) is 18.8 Å². The fourth-order valence-corrected chi connectivity index (χ4v) is 2.12. The highest BCUT2D eigenvalue weighted by atomic mass is 35.5. The van der Waals surface area contributed by atoms with Gasteiger partial charge in [-0.25, -0.2) is 0 Å². The van der Waals surface area contributed by atoms with Crippen molar-refractivity contribution < 1.29 is 4.74 Å². The first-order chi connectivity index (χ1) is 9.29. The third-order valence-corrected chi connectivity index (χ3v) is 3.16. The van der Waals surface area contributed by atoms with Crippen LogP contribution in [0.4, 0.5) is 5.69 Å². The van der Waals surface area contributed by atoms with Gasteiger partial charge in [0.1, 0.15) is 12.4 Å². The average molecular weight is 276 g/mol. The number of nitrogens with zero attached hydrogens (tertiary/aromatic N) is 1. The molecule has 0 unspecified atom stereocenters. The normalized spacial score (nSPS) is 10.2. The van der Waals surface area contributed by atoms with Crippen molar-refractivity contribution in [2.45, 2.75) is 6.92 Å². The number of hydrogen-bond donors (Lipinski definition) is 0. The highest BCUT2D eigenvalue weighted by Gasteiger charge is 2.03. The summed E-state index contributed by atoms with van der Waals surface area (Å²) in [5.74, 6) is 0.816. The summed E-state index contributed by atoms with van der Waals surface area (Å²) in [6.07, 6.45) is 0. The first-order valence-corrected chi connectivity index (χ1v) is 6.85. The maximum Gasteiger partial charge on any atom is 0.120 e. The minimum atomic E-state index is 0.642. The van der Waals surface area contributed by atoms with Crippen LogP contribution >= 0.6 is 11.6 Å². The maximum absolute atomic E-state index is 5.92. The van der Waals surface area contributed by atoms with Crippen molar-refractivity contribution >= 4 is 17.3 Å². The molecule has 0 N–H and O–H groups in total. The summed E-state index contributed by atoms with van der Waals surface area (Å²) in [6.45, 7) is 4.60. The minimum absolute atomic E-state index is 0.642. The molecule has 0 aliphatic rings. The molecule has 0 amide bonds. The van der Waals surface area contributed by atoms with Crippen LogP contribution in [-0.2, 0) is 0 Å². The van der Waals surface area contributed by atoms with Crippen LogP contribution in [0.5, 0.6) is 5.75 Å². The van der Waals surface area contributed by atoms with E-state index in [0.29, 0.717) is 11.6 Å². The van der Waals surface area contributed by atoms with Gasteiger partial charge in [0, 0.05) is 17.3 Å². The van der Waals surface area contributed by atoms with E-state index in [-0.39, 0.29) is 0 Å². The van der Waals surface area contributed by atoms with Crippen LogP contribution in [0.3, 0.4) is 0 Å². The van der Waals surface area contributed by atoms with Gasteiger partial charge in [0.05, 0.1) is 6.54 Å². The maximum atomic E-state index is 5.92. The fourth-order valence-electron chi connectivity index (χ4n) is 1.94. The lowest BCUT2D eigenvalue weighted by molar-refractivity contribution is 0.324. The predicted octanol–water partition coefficient (Wildman–Crippen LogP) is 4.25. The first-order valence-electron chi connectivity index (χ1n) is 6.48. The fraction of sp³-hybridized carbons (Fsp3) is 0.250. The van der Waals surface area contributed by atoms with Crippen molar-refractivity contribution in [2.24, 2.45) is 0 Å². The smallest absolute Gasteiger partial charge is 0.120 e. The summed E-state index contributed by atoms with van der Waals surface area (Å²) in [6, 6.07) is 17.9. The molecule has 0 heterocycles. The van der Waals surface area contributed by atoms with Gasteiger partial charge in [-0.05, 0) is 37.3 Å². The van der Waals surface area contributed by atoms with Crippen molar-refractivity contribution in [1.29, 1.82) is 0 Å². The van der Waals surface area contributed by atoms with Gasteiger partial charge in [-0.15, -0.1) is 0 Å². The van der Waals surface area contributed by atoms with E-state index in [1.54, 1.807) is 0 Å². The standard InChI is InChI=1S/C16H18ClNO/c1-2-18(15-8-4-3-5-9-15)11-12-19-16-10-6-7-14(17)13-16/h3-10,13H,2,11-12H2,1H3. The van der Waals surface area contributed by atoms with Crippen LogP contribution in [0.25, 0.3) is 0 Å². The van der Waals surface area contributed by atoms with Crippen LogP contribution in [0.1, 0.15) is 6.92 Å². The van der Waals surface area contributed by atoms with E-state index in [1.807, 2.05) is 30.3 Å². The van der Waals surface area contributed by atoms with Gasteiger partial charge in [-0.1, -0.05) is 35.9 Å². The zero-order valence-electron chi connectivity index (χ0n) is 11.1. The second-order valence-corrected chi connectivity index (χ2v) is 4.66. The van der Waals surface area contributed by atoms with Crippen molar-refractivity contribution in [2.75, 3.05) is 24.6 Å². The Morgan fingerprint density at radius 3 is 2.53 bits per heavy atom. The van der Waals surface area contributed by atoms with E-state index >= 15 is 0 Å². The second kappa shape index (κ2) is 7.05. The molecule has 3 heteroatoms. The highest BCUT2D eigenvalue weighted by molar-refractivity contribution is 6.30. The average Bonchev–Trinajstić information content (AvgIpc) is 2.45. The molecule has 0 atom stereocenters. The van der Waals surface area contributed by atoms with Gasteiger partial charge in [0.15, 0.2) is 0 Å². The zero-order valence-corrected chi connectivity index (χ0v) is 11.8. The summed E-state index contributed by atoms with van der Waals surface area (Å²) < 4.78 is 5.71. The van der Waals surface area contributed by atoms with Crippen molar-refractivity contribution in [3.05, 3.63) is 59.6 Å². The van der Waals surface area contributed by atoms with Crippen molar-refractivity contribution in [3.8, 4) is 5.75 Å². The Kier molecular flexibility index (Phi) is 5.10. The summed E-state index contributed by atoms with van der Waals surface area (Å²) in [5.41, 5.74) is 1.22. The Balaban J connectivity index is 1.87. The number of rotatable bonds is 6. The molecule has 0 fully saturated rings. The number of benzene rings is 2. The molecule has 0 aliphatic heterocycles. The first kappa shape index (κ1) is 13.8. The lowest BCUT2D eigenvalue weighted by Crippen LogP contribution is -2.27. The SMILES string of the molecule is CCN(CCOc1cccc(Cl)c1)c1ccccc1. The van der Waals surface area contributed by atoms with E-state index in [9.17, 15) is 0 Å². The third kappa shape index (κ3) is 4.18. The number of halogens is 1. The molecule has 19 heavy (non-hydrogen) atoms. The molecule has 0 saturated carbocycles. The number of likely N-dealkylation sites (N-methyl/N-ethyl adjacent to an activating group) is 1. The monoisotopic (exact) mass is 275 g/mol. The highest BCUT2D eigenvalue weighted by Crippen LogP contribution is 2.17. The number of hydrogen-bond acceptors (Lipinski definition) is 2. The summed E-state index contributed by atoms with van der Waals surface area (Å²) in [4.78, 5) is 2.28. The van der Waals surface area contributed by atoms with Gasteiger partial charge in [-0.2, -0.15) is 0 Å². The largest absolute Gasteiger partial charge is 0.492 e. The summed E-state index contributed by atoms with van der Waals surface area (Å²) >= 11 is 5.92. The minimum Gasteiger partial charge on any atom is -0.492 e.